The summed E-state index contributed by atoms with van der Waals surface area (Å²) in [6, 6.07) is 20.0. The molecule has 2 heteroatoms. The molecule has 5 rings (SSSR count). The molecule has 3 aromatic rings. The molecule has 1 unspecified atom stereocenters. The largest absolute Gasteiger partial charge is 0.340 e. The van der Waals surface area contributed by atoms with Gasteiger partial charge in [0.2, 0.25) is 0 Å². The van der Waals surface area contributed by atoms with Crippen molar-refractivity contribution in [3.05, 3.63) is 71.4 Å². The molecule has 0 amide bonds. The summed E-state index contributed by atoms with van der Waals surface area (Å²) in [6.45, 7) is 4.85. The summed E-state index contributed by atoms with van der Waals surface area (Å²) < 4.78 is 2.61. The molecule has 0 bridgehead atoms. The Bertz CT molecular complexity index is 887. The minimum atomic E-state index is 0.707. The molecule has 2 aromatic carbocycles. The minimum Gasteiger partial charge on any atom is -0.340 e. The molecule has 2 nitrogen and oxygen atoms in total. The van der Waals surface area contributed by atoms with Crippen LogP contribution in [0.5, 0.6) is 0 Å². The second-order valence-electron chi connectivity index (χ2n) is 8.05. The van der Waals surface area contributed by atoms with Crippen LogP contribution in [0.3, 0.4) is 0 Å². The topological polar surface area (TPSA) is 8.17 Å². The Labute approximate surface area is 156 Å². The fourth-order valence-electron chi connectivity index (χ4n) is 5.17. The van der Waals surface area contributed by atoms with Crippen LogP contribution in [0.15, 0.2) is 54.6 Å². The van der Waals surface area contributed by atoms with E-state index >= 15 is 0 Å². The average Bonchev–Trinajstić information content (AvgIpc) is 3.30. The van der Waals surface area contributed by atoms with Crippen molar-refractivity contribution < 1.29 is 0 Å². The van der Waals surface area contributed by atoms with Crippen LogP contribution in [0.2, 0.25) is 0 Å². The molecule has 1 aromatic heterocycles. The smallest absolute Gasteiger partial charge is 0.0488 e. The Balaban J connectivity index is 1.58. The number of hydrogen-bond donors (Lipinski definition) is 0. The van der Waals surface area contributed by atoms with Gasteiger partial charge in [-0.1, -0.05) is 48.5 Å². The maximum atomic E-state index is 2.70. The van der Waals surface area contributed by atoms with Crippen molar-refractivity contribution in [3.8, 4) is 0 Å². The van der Waals surface area contributed by atoms with Crippen LogP contribution in [0.25, 0.3) is 10.9 Å². The summed E-state index contributed by atoms with van der Waals surface area (Å²) in [5.41, 5.74) is 6.09. The van der Waals surface area contributed by atoms with Gasteiger partial charge in [-0.2, -0.15) is 0 Å². The molecule has 1 fully saturated rings. The predicted octanol–water partition coefficient (Wildman–Crippen LogP) is 5.21. The molecular formula is C24H28N2. The van der Waals surface area contributed by atoms with Crippen molar-refractivity contribution >= 4 is 10.9 Å². The van der Waals surface area contributed by atoms with Gasteiger partial charge >= 0.3 is 0 Å². The summed E-state index contributed by atoms with van der Waals surface area (Å²) in [5, 5.41) is 1.50. The van der Waals surface area contributed by atoms with Gasteiger partial charge < -0.3 is 9.47 Å². The first-order valence-electron chi connectivity index (χ1n) is 10.3. The second kappa shape index (κ2) is 6.92. The average molecular weight is 345 g/mol. The van der Waals surface area contributed by atoms with Crippen molar-refractivity contribution in [2.45, 2.75) is 44.6 Å². The Hall–Kier alpha value is -2.06. The normalized spacial score (nSPS) is 20.5. The van der Waals surface area contributed by atoms with E-state index < -0.39 is 0 Å². The first-order chi connectivity index (χ1) is 12.9. The number of likely N-dealkylation sites (tertiary alicyclic amines) is 1. The predicted molar refractivity (Wildman–Crippen MR) is 109 cm³/mol. The first kappa shape index (κ1) is 16.1. The zero-order valence-electron chi connectivity index (χ0n) is 15.5. The molecule has 1 aliphatic carbocycles. The summed E-state index contributed by atoms with van der Waals surface area (Å²) in [5.74, 6) is 0.707. The monoisotopic (exact) mass is 344 g/mol. The third kappa shape index (κ3) is 2.87. The first-order valence-corrected chi connectivity index (χ1v) is 10.3. The molecular weight excluding hydrogens is 316 g/mol. The van der Waals surface area contributed by atoms with Gasteiger partial charge in [-0.25, -0.2) is 0 Å². The minimum absolute atomic E-state index is 0.707. The number of fused-ring (bicyclic) bond motifs is 3. The van der Waals surface area contributed by atoms with Crippen LogP contribution >= 0.6 is 0 Å². The standard InChI is InChI=1S/C24H28N2/c1-2-9-19(10-3-1)17-26-22-13-5-4-12-21(22)24-20(11-8-14-23(24)26)18-25-15-6-7-16-25/h1-5,9-10,12-13,20H,6-8,11,14-18H2. The highest BCUT2D eigenvalue weighted by Gasteiger charge is 2.29. The Kier molecular flexibility index (Phi) is 4.30. The lowest BCUT2D eigenvalue weighted by atomic mass is 9.84. The summed E-state index contributed by atoms with van der Waals surface area (Å²) in [4.78, 5) is 2.70. The van der Waals surface area contributed by atoms with Gasteiger partial charge in [0.25, 0.3) is 0 Å². The number of benzene rings is 2. The van der Waals surface area contributed by atoms with E-state index in [1.165, 1.54) is 68.2 Å². The molecule has 0 spiro atoms. The van der Waals surface area contributed by atoms with E-state index in [1.807, 2.05) is 0 Å². The molecule has 2 heterocycles. The highest BCUT2D eigenvalue weighted by atomic mass is 15.1. The fourth-order valence-corrected chi connectivity index (χ4v) is 5.17. The van der Waals surface area contributed by atoms with Crippen molar-refractivity contribution in [2.24, 2.45) is 0 Å². The summed E-state index contributed by atoms with van der Waals surface area (Å²) in [6.07, 6.45) is 6.68. The van der Waals surface area contributed by atoms with Gasteiger partial charge in [-0.15, -0.1) is 0 Å². The third-order valence-electron chi connectivity index (χ3n) is 6.36. The molecule has 0 radical (unpaired) electrons. The molecule has 0 saturated carbocycles. The van der Waals surface area contributed by atoms with E-state index in [1.54, 1.807) is 11.3 Å². The van der Waals surface area contributed by atoms with E-state index in [0.29, 0.717) is 5.92 Å². The number of para-hydroxylation sites is 1. The fraction of sp³-hybridized carbons (Fsp3) is 0.417. The van der Waals surface area contributed by atoms with Gasteiger partial charge in [-0.05, 0) is 68.3 Å². The van der Waals surface area contributed by atoms with Crippen molar-refractivity contribution in [2.75, 3.05) is 19.6 Å². The van der Waals surface area contributed by atoms with Crippen LogP contribution < -0.4 is 0 Å². The van der Waals surface area contributed by atoms with Crippen LogP contribution in [0.4, 0.5) is 0 Å². The number of rotatable bonds is 4. The van der Waals surface area contributed by atoms with E-state index in [-0.39, 0.29) is 0 Å². The van der Waals surface area contributed by atoms with Crippen LogP contribution in [0.1, 0.15) is 48.4 Å². The third-order valence-corrected chi connectivity index (χ3v) is 6.36. The number of hydrogen-bond acceptors (Lipinski definition) is 1. The van der Waals surface area contributed by atoms with Crippen molar-refractivity contribution in [1.29, 1.82) is 0 Å². The van der Waals surface area contributed by atoms with Gasteiger partial charge in [0, 0.05) is 29.7 Å². The molecule has 1 atom stereocenters. The lowest BCUT2D eigenvalue weighted by Crippen LogP contribution is -2.27. The van der Waals surface area contributed by atoms with Crippen LogP contribution in [-0.4, -0.2) is 29.1 Å². The lowest BCUT2D eigenvalue weighted by Gasteiger charge is -2.28. The molecule has 1 saturated heterocycles. The zero-order chi connectivity index (χ0) is 17.3. The van der Waals surface area contributed by atoms with Gasteiger partial charge in [0.05, 0.1) is 0 Å². The van der Waals surface area contributed by atoms with E-state index in [2.05, 4.69) is 64.1 Å². The molecule has 2 aliphatic rings. The molecule has 134 valence electrons. The molecule has 0 N–H and O–H groups in total. The maximum absolute atomic E-state index is 2.70. The number of aromatic nitrogens is 1. The Morgan fingerprint density at radius 1 is 0.846 bits per heavy atom. The lowest BCUT2D eigenvalue weighted by molar-refractivity contribution is 0.300. The molecule has 26 heavy (non-hydrogen) atoms. The van der Waals surface area contributed by atoms with Gasteiger partial charge in [0.15, 0.2) is 0 Å². The van der Waals surface area contributed by atoms with Crippen LogP contribution in [0, 0.1) is 0 Å². The van der Waals surface area contributed by atoms with Gasteiger partial charge in [0.1, 0.15) is 0 Å². The summed E-state index contributed by atoms with van der Waals surface area (Å²) in [7, 11) is 0. The summed E-state index contributed by atoms with van der Waals surface area (Å²) >= 11 is 0. The SMILES string of the molecule is c1ccc(Cn2c3c(c4ccccc42)C(CN2CCCC2)CCC3)cc1. The Morgan fingerprint density at radius 3 is 2.46 bits per heavy atom. The van der Waals surface area contributed by atoms with Crippen LogP contribution in [-0.2, 0) is 13.0 Å². The molecule has 1 aliphatic heterocycles. The van der Waals surface area contributed by atoms with Crippen molar-refractivity contribution in [3.63, 3.8) is 0 Å². The second-order valence-corrected chi connectivity index (χ2v) is 8.05. The van der Waals surface area contributed by atoms with Gasteiger partial charge in [-0.3, -0.25) is 0 Å². The highest BCUT2D eigenvalue weighted by Crippen LogP contribution is 2.40. The van der Waals surface area contributed by atoms with Crippen molar-refractivity contribution in [1.82, 2.24) is 9.47 Å². The number of nitrogens with zero attached hydrogens (tertiary/aromatic N) is 2. The van der Waals surface area contributed by atoms with E-state index in [4.69, 9.17) is 0 Å². The van der Waals surface area contributed by atoms with E-state index in [0.717, 1.165) is 6.54 Å². The quantitative estimate of drug-likeness (QED) is 0.631. The highest BCUT2D eigenvalue weighted by molar-refractivity contribution is 5.86. The van der Waals surface area contributed by atoms with E-state index in [9.17, 15) is 0 Å². The zero-order valence-corrected chi connectivity index (χ0v) is 15.5. The Morgan fingerprint density at radius 2 is 1.62 bits per heavy atom. The maximum Gasteiger partial charge on any atom is 0.0488 e.